The number of aryl methyl sites for hydroxylation is 1. The van der Waals surface area contributed by atoms with E-state index in [0.29, 0.717) is 17.9 Å². The van der Waals surface area contributed by atoms with Gasteiger partial charge in [0.15, 0.2) is 5.78 Å². The summed E-state index contributed by atoms with van der Waals surface area (Å²) in [5.74, 6) is -0.398. The largest absolute Gasteiger partial charge is 0.488 e. The van der Waals surface area contributed by atoms with Crippen LogP contribution in [0.3, 0.4) is 0 Å². The smallest absolute Gasteiger partial charge is 0.313 e. The maximum absolute atomic E-state index is 12.1. The van der Waals surface area contributed by atoms with E-state index < -0.39 is 5.97 Å². The molecule has 0 unspecified atom stereocenters. The van der Waals surface area contributed by atoms with E-state index in [-0.39, 0.29) is 12.2 Å². The van der Waals surface area contributed by atoms with E-state index >= 15 is 0 Å². The first-order valence-electron chi connectivity index (χ1n) is 6.98. The van der Waals surface area contributed by atoms with Crippen LogP contribution in [0.25, 0.3) is 0 Å². The second-order valence-corrected chi connectivity index (χ2v) is 4.89. The van der Waals surface area contributed by atoms with Crippen molar-refractivity contribution in [3.8, 4) is 5.75 Å². The molecular formula is C18H18O4. The van der Waals surface area contributed by atoms with E-state index in [1.807, 2.05) is 31.2 Å². The summed E-state index contributed by atoms with van der Waals surface area (Å²) < 4.78 is 10.3. The summed E-state index contributed by atoms with van der Waals surface area (Å²) in [6.07, 6.45) is -0.290. The fraction of sp³-hybridized carbons (Fsp3) is 0.222. The average Bonchev–Trinajstić information content (AvgIpc) is 2.54. The molecule has 0 saturated heterocycles. The molecule has 0 aliphatic heterocycles. The highest BCUT2D eigenvalue weighted by molar-refractivity contribution is 6.07. The standard InChI is InChI=1S/C18H18O4/c1-13-7-3-4-8-14(13)12-22-17-10-6-5-9-15(17)16(19)11-18(20)21-2/h3-10H,11-12H2,1-2H3. The molecule has 0 aliphatic rings. The molecule has 2 aromatic rings. The van der Waals surface area contributed by atoms with E-state index in [0.717, 1.165) is 11.1 Å². The summed E-state index contributed by atoms with van der Waals surface area (Å²) in [5.41, 5.74) is 2.57. The lowest BCUT2D eigenvalue weighted by Gasteiger charge is -2.12. The van der Waals surface area contributed by atoms with Gasteiger partial charge in [0, 0.05) is 0 Å². The molecule has 0 radical (unpaired) electrons. The minimum atomic E-state index is -0.557. The van der Waals surface area contributed by atoms with Crippen LogP contribution in [0.5, 0.6) is 5.75 Å². The zero-order chi connectivity index (χ0) is 15.9. The number of carbonyl (C=O) groups excluding carboxylic acids is 2. The van der Waals surface area contributed by atoms with Gasteiger partial charge < -0.3 is 9.47 Å². The molecule has 0 amide bonds. The molecule has 0 aliphatic carbocycles. The average molecular weight is 298 g/mol. The van der Waals surface area contributed by atoms with Gasteiger partial charge in [-0.25, -0.2) is 0 Å². The molecule has 0 aromatic heterocycles. The SMILES string of the molecule is COC(=O)CC(=O)c1ccccc1OCc1ccccc1C. The zero-order valence-electron chi connectivity index (χ0n) is 12.7. The predicted molar refractivity (Wildman–Crippen MR) is 82.9 cm³/mol. The second kappa shape index (κ2) is 7.41. The molecular weight excluding hydrogens is 280 g/mol. The number of rotatable bonds is 6. The summed E-state index contributed by atoms with van der Waals surface area (Å²) in [6.45, 7) is 2.38. The summed E-state index contributed by atoms with van der Waals surface area (Å²) in [7, 11) is 1.26. The number of esters is 1. The van der Waals surface area contributed by atoms with Crippen molar-refractivity contribution >= 4 is 11.8 Å². The second-order valence-electron chi connectivity index (χ2n) is 4.89. The molecule has 22 heavy (non-hydrogen) atoms. The monoisotopic (exact) mass is 298 g/mol. The third-order valence-electron chi connectivity index (χ3n) is 3.36. The van der Waals surface area contributed by atoms with Gasteiger partial charge in [0.05, 0.1) is 12.7 Å². The maximum atomic E-state index is 12.1. The normalized spacial score (nSPS) is 10.1. The van der Waals surface area contributed by atoms with Crippen molar-refractivity contribution in [3.63, 3.8) is 0 Å². The van der Waals surface area contributed by atoms with Crippen LogP contribution < -0.4 is 4.74 Å². The Labute approximate surface area is 129 Å². The molecule has 0 heterocycles. The molecule has 0 atom stereocenters. The zero-order valence-corrected chi connectivity index (χ0v) is 12.7. The number of para-hydroxylation sites is 1. The number of carbonyl (C=O) groups is 2. The molecule has 0 spiro atoms. The Hall–Kier alpha value is -2.62. The van der Waals surface area contributed by atoms with Crippen molar-refractivity contribution in [2.45, 2.75) is 20.0 Å². The van der Waals surface area contributed by atoms with Gasteiger partial charge in [-0.15, -0.1) is 0 Å². The molecule has 2 aromatic carbocycles. The molecule has 0 fully saturated rings. The highest BCUT2D eigenvalue weighted by Gasteiger charge is 2.16. The Kier molecular flexibility index (Phi) is 5.31. The topological polar surface area (TPSA) is 52.6 Å². The van der Waals surface area contributed by atoms with Crippen LogP contribution >= 0.6 is 0 Å². The van der Waals surface area contributed by atoms with Gasteiger partial charge >= 0.3 is 5.97 Å². The Morgan fingerprint density at radius 3 is 2.41 bits per heavy atom. The van der Waals surface area contributed by atoms with Crippen molar-refractivity contribution in [2.75, 3.05) is 7.11 Å². The lowest BCUT2D eigenvalue weighted by Crippen LogP contribution is -2.11. The van der Waals surface area contributed by atoms with Crippen LogP contribution in [0.1, 0.15) is 27.9 Å². The predicted octanol–water partition coefficient (Wildman–Crippen LogP) is 3.32. The fourth-order valence-electron chi connectivity index (χ4n) is 2.05. The molecule has 0 saturated carbocycles. The van der Waals surface area contributed by atoms with E-state index in [9.17, 15) is 9.59 Å². The van der Waals surface area contributed by atoms with Crippen LogP contribution in [0, 0.1) is 6.92 Å². The van der Waals surface area contributed by atoms with Gasteiger partial charge in [0.2, 0.25) is 0 Å². The number of hydrogen-bond acceptors (Lipinski definition) is 4. The fourth-order valence-corrected chi connectivity index (χ4v) is 2.05. The van der Waals surface area contributed by atoms with Crippen molar-refractivity contribution in [3.05, 3.63) is 65.2 Å². The highest BCUT2D eigenvalue weighted by atomic mass is 16.5. The third-order valence-corrected chi connectivity index (χ3v) is 3.36. The van der Waals surface area contributed by atoms with Crippen molar-refractivity contribution in [1.29, 1.82) is 0 Å². The number of ether oxygens (including phenoxy) is 2. The lowest BCUT2D eigenvalue weighted by atomic mass is 10.1. The molecule has 4 nitrogen and oxygen atoms in total. The Morgan fingerprint density at radius 1 is 1.00 bits per heavy atom. The van der Waals surface area contributed by atoms with Gasteiger partial charge in [-0.05, 0) is 30.2 Å². The van der Waals surface area contributed by atoms with Crippen molar-refractivity contribution in [1.82, 2.24) is 0 Å². The highest BCUT2D eigenvalue weighted by Crippen LogP contribution is 2.21. The van der Waals surface area contributed by atoms with Gasteiger partial charge in [-0.1, -0.05) is 36.4 Å². The maximum Gasteiger partial charge on any atom is 0.313 e. The third kappa shape index (κ3) is 3.95. The minimum absolute atomic E-state index is 0.290. The van der Waals surface area contributed by atoms with Crippen molar-refractivity contribution < 1.29 is 19.1 Å². The lowest BCUT2D eigenvalue weighted by molar-refractivity contribution is -0.139. The van der Waals surface area contributed by atoms with E-state index in [2.05, 4.69) is 4.74 Å². The van der Waals surface area contributed by atoms with Crippen LogP contribution in [-0.4, -0.2) is 18.9 Å². The Balaban J connectivity index is 2.13. The van der Waals surface area contributed by atoms with Crippen LogP contribution in [0.15, 0.2) is 48.5 Å². The quantitative estimate of drug-likeness (QED) is 0.466. The minimum Gasteiger partial charge on any atom is -0.488 e. The molecule has 0 N–H and O–H groups in total. The first-order chi connectivity index (χ1) is 10.6. The van der Waals surface area contributed by atoms with Crippen LogP contribution in [0.2, 0.25) is 0 Å². The molecule has 4 heteroatoms. The van der Waals surface area contributed by atoms with Crippen molar-refractivity contribution in [2.24, 2.45) is 0 Å². The summed E-state index contributed by atoms with van der Waals surface area (Å²) in [5, 5.41) is 0. The van der Waals surface area contributed by atoms with Gasteiger partial charge in [-0.2, -0.15) is 0 Å². The molecule has 0 bridgehead atoms. The van der Waals surface area contributed by atoms with E-state index in [1.54, 1.807) is 24.3 Å². The number of benzene rings is 2. The number of ketones is 1. The van der Waals surface area contributed by atoms with Gasteiger partial charge in [0.1, 0.15) is 18.8 Å². The van der Waals surface area contributed by atoms with Gasteiger partial charge in [-0.3, -0.25) is 9.59 Å². The van der Waals surface area contributed by atoms with E-state index in [1.165, 1.54) is 7.11 Å². The van der Waals surface area contributed by atoms with Gasteiger partial charge in [0.25, 0.3) is 0 Å². The first-order valence-corrected chi connectivity index (χ1v) is 6.98. The molecule has 114 valence electrons. The molecule has 2 rings (SSSR count). The first kappa shape index (κ1) is 15.8. The number of methoxy groups -OCH3 is 1. The number of hydrogen-bond donors (Lipinski definition) is 0. The summed E-state index contributed by atoms with van der Waals surface area (Å²) in [4.78, 5) is 23.4. The van der Waals surface area contributed by atoms with E-state index in [4.69, 9.17) is 4.74 Å². The number of Topliss-reactive ketones (excluding diaryl/α,β-unsaturated/α-hetero) is 1. The Morgan fingerprint density at radius 2 is 1.68 bits per heavy atom. The van der Waals surface area contributed by atoms with Crippen LogP contribution in [0.4, 0.5) is 0 Å². The Bertz CT molecular complexity index is 676. The van der Waals surface area contributed by atoms with Crippen LogP contribution in [-0.2, 0) is 16.1 Å². The summed E-state index contributed by atoms with van der Waals surface area (Å²) in [6, 6.07) is 14.8. The summed E-state index contributed by atoms with van der Waals surface area (Å²) >= 11 is 0.